The summed E-state index contributed by atoms with van der Waals surface area (Å²) < 4.78 is 0. The van der Waals surface area contributed by atoms with Gasteiger partial charge in [-0.05, 0) is 17.7 Å². The van der Waals surface area contributed by atoms with Gasteiger partial charge >= 0.3 is 0 Å². The highest BCUT2D eigenvalue weighted by Crippen LogP contribution is 2.14. The van der Waals surface area contributed by atoms with Crippen LogP contribution >= 0.6 is 23.2 Å². The van der Waals surface area contributed by atoms with E-state index < -0.39 is 0 Å². The minimum Gasteiger partial charge on any atom is -0.393 e. The molecule has 4 heteroatoms. The fourth-order valence-corrected chi connectivity index (χ4v) is 1.37. The molecule has 16 heavy (non-hydrogen) atoms. The van der Waals surface area contributed by atoms with Crippen molar-refractivity contribution in [2.24, 2.45) is 4.99 Å². The maximum Gasteiger partial charge on any atom is 0.0812 e. The van der Waals surface area contributed by atoms with Gasteiger partial charge in [-0.2, -0.15) is 0 Å². The third kappa shape index (κ3) is 4.09. The number of rotatable bonds is 4. The third-order valence-corrected chi connectivity index (χ3v) is 2.33. The summed E-state index contributed by atoms with van der Waals surface area (Å²) in [5.74, 6) is 0. The minimum absolute atomic E-state index is 0.473. The second-order valence-electron chi connectivity index (χ2n) is 3.04. The van der Waals surface area contributed by atoms with Crippen LogP contribution in [0.15, 0.2) is 52.8 Å². The van der Waals surface area contributed by atoms with Crippen molar-refractivity contribution in [2.45, 2.75) is 0 Å². The van der Waals surface area contributed by atoms with Crippen LogP contribution in [0.2, 0.25) is 5.02 Å². The first-order chi connectivity index (χ1) is 7.63. The van der Waals surface area contributed by atoms with Crippen molar-refractivity contribution in [1.29, 1.82) is 0 Å². The predicted molar refractivity (Wildman–Crippen MR) is 71.2 cm³/mol. The molecule has 0 saturated heterocycles. The monoisotopic (exact) mass is 254 g/mol. The van der Waals surface area contributed by atoms with Gasteiger partial charge in [0, 0.05) is 24.5 Å². The standard InChI is InChI=1S/C12H12Cl2N2/c1-9(12(14)8-15-2)16-7-10-4-3-5-11(13)6-10/h3-8,15H,1H2,2H3/b12-8+,16-7?. The summed E-state index contributed by atoms with van der Waals surface area (Å²) in [5.41, 5.74) is 1.40. The van der Waals surface area contributed by atoms with Crippen molar-refractivity contribution in [1.82, 2.24) is 5.32 Å². The van der Waals surface area contributed by atoms with Crippen LogP contribution in [0.25, 0.3) is 0 Å². The molecule has 84 valence electrons. The minimum atomic E-state index is 0.473. The molecule has 0 unspecified atom stereocenters. The molecule has 0 radical (unpaired) electrons. The Balaban J connectivity index is 2.74. The molecule has 0 spiro atoms. The van der Waals surface area contributed by atoms with Crippen LogP contribution in [0.1, 0.15) is 5.56 Å². The lowest BCUT2D eigenvalue weighted by molar-refractivity contribution is 1.09. The number of halogens is 2. The fourth-order valence-electron chi connectivity index (χ4n) is 1.01. The number of hydrogen-bond acceptors (Lipinski definition) is 2. The summed E-state index contributed by atoms with van der Waals surface area (Å²) in [6, 6.07) is 7.38. The van der Waals surface area contributed by atoms with E-state index in [4.69, 9.17) is 23.2 Å². The zero-order chi connectivity index (χ0) is 12.0. The lowest BCUT2D eigenvalue weighted by Crippen LogP contribution is -1.94. The lowest BCUT2D eigenvalue weighted by Gasteiger charge is -1.98. The van der Waals surface area contributed by atoms with Crippen molar-refractivity contribution in [3.8, 4) is 0 Å². The Morgan fingerprint density at radius 1 is 1.50 bits per heavy atom. The van der Waals surface area contributed by atoms with Gasteiger partial charge < -0.3 is 5.32 Å². The van der Waals surface area contributed by atoms with Gasteiger partial charge in [-0.1, -0.05) is 41.9 Å². The average molecular weight is 255 g/mol. The molecule has 2 nitrogen and oxygen atoms in total. The Bertz CT molecular complexity index is 436. The zero-order valence-electron chi connectivity index (χ0n) is 8.87. The van der Waals surface area contributed by atoms with Crippen molar-refractivity contribution in [3.05, 3.63) is 58.4 Å². The molecule has 0 aliphatic heterocycles. The molecule has 1 N–H and O–H groups in total. The van der Waals surface area contributed by atoms with Crippen molar-refractivity contribution in [2.75, 3.05) is 7.05 Å². The Morgan fingerprint density at radius 3 is 2.88 bits per heavy atom. The molecule has 0 saturated carbocycles. The Morgan fingerprint density at radius 2 is 2.25 bits per heavy atom. The van der Waals surface area contributed by atoms with Gasteiger partial charge in [-0.25, -0.2) is 0 Å². The smallest absolute Gasteiger partial charge is 0.0812 e. The van der Waals surface area contributed by atoms with E-state index in [1.807, 2.05) is 24.3 Å². The number of benzene rings is 1. The Labute approximate surface area is 105 Å². The second-order valence-corrected chi connectivity index (χ2v) is 3.88. The van der Waals surface area contributed by atoms with Gasteiger partial charge in [0.15, 0.2) is 0 Å². The number of aliphatic imine (C=N–C) groups is 1. The molecule has 1 aromatic rings. The van der Waals surface area contributed by atoms with E-state index in [0.717, 1.165) is 5.56 Å². The maximum atomic E-state index is 5.89. The van der Waals surface area contributed by atoms with Crippen LogP contribution in [0.3, 0.4) is 0 Å². The Kier molecular flexibility index (Phi) is 5.09. The van der Waals surface area contributed by atoms with Crippen LogP contribution < -0.4 is 5.32 Å². The number of allylic oxidation sites excluding steroid dienone is 1. The van der Waals surface area contributed by atoms with Crippen LogP contribution in [-0.4, -0.2) is 13.3 Å². The highest BCUT2D eigenvalue weighted by molar-refractivity contribution is 6.32. The molecule has 0 atom stereocenters. The van der Waals surface area contributed by atoms with Crippen LogP contribution in [0.5, 0.6) is 0 Å². The SMILES string of the molecule is C=C(N=Cc1cccc(Cl)c1)/C(Cl)=C\NC. The summed E-state index contributed by atoms with van der Waals surface area (Å²) in [7, 11) is 1.76. The van der Waals surface area contributed by atoms with E-state index in [-0.39, 0.29) is 0 Å². The van der Waals surface area contributed by atoms with Crippen LogP contribution in [0.4, 0.5) is 0 Å². The largest absolute Gasteiger partial charge is 0.393 e. The summed E-state index contributed by atoms with van der Waals surface area (Å²) in [6.07, 6.45) is 3.29. The molecule has 1 rings (SSSR count). The summed E-state index contributed by atoms with van der Waals surface area (Å²) in [5, 5.41) is 3.95. The van der Waals surface area contributed by atoms with Crippen molar-refractivity contribution in [3.63, 3.8) is 0 Å². The average Bonchev–Trinajstić information content (AvgIpc) is 2.26. The molecular weight excluding hydrogens is 243 g/mol. The summed E-state index contributed by atoms with van der Waals surface area (Å²) >= 11 is 11.7. The normalized spacial score (nSPS) is 11.8. The van der Waals surface area contributed by atoms with Gasteiger partial charge in [-0.3, -0.25) is 4.99 Å². The van der Waals surface area contributed by atoms with E-state index in [0.29, 0.717) is 15.8 Å². The van der Waals surface area contributed by atoms with Gasteiger partial charge in [0.1, 0.15) is 0 Å². The summed E-state index contributed by atoms with van der Waals surface area (Å²) in [6.45, 7) is 3.74. The van der Waals surface area contributed by atoms with E-state index in [1.54, 1.807) is 19.5 Å². The zero-order valence-corrected chi connectivity index (χ0v) is 10.4. The van der Waals surface area contributed by atoms with E-state index in [9.17, 15) is 0 Å². The molecule has 0 aromatic heterocycles. The van der Waals surface area contributed by atoms with Crippen molar-refractivity contribution >= 4 is 29.4 Å². The third-order valence-electron chi connectivity index (χ3n) is 1.76. The first-order valence-electron chi connectivity index (χ1n) is 4.65. The van der Waals surface area contributed by atoms with Gasteiger partial charge in [0.05, 0.1) is 10.7 Å². The Hall–Kier alpha value is -1.25. The molecule has 0 amide bonds. The number of hydrogen-bond donors (Lipinski definition) is 1. The predicted octanol–water partition coefficient (Wildman–Crippen LogP) is 3.57. The lowest BCUT2D eigenvalue weighted by atomic mass is 10.2. The van der Waals surface area contributed by atoms with Gasteiger partial charge in [-0.15, -0.1) is 0 Å². The molecule has 0 aliphatic carbocycles. The first-order valence-corrected chi connectivity index (χ1v) is 5.41. The maximum absolute atomic E-state index is 5.89. The molecular formula is C12H12Cl2N2. The molecule has 0 heterocycles. The van der Waals surface area contributed by atoms with Crippen molar-refractivity contribution < 1.29 is 0 Å². The second kappa shape index (κ2) is 6.36. The highest BCUT2D eigenvalue weighted by Gasteiger charge is 1.95. The first kappa shape index (κ1) is 12.8. The number of nitrogens with zero attached hydrogens (tertiary/aromatic N) is 1. The van der Waals surface area contributed by atoms with Gasteiger partial charge in [0.25, 0.3) is 0 Å². The van der Waals surface area contributed by atoms with E-state index >= 15 is 0 Å². The van der Waals surface area contributed by atoms with E-state index in [2.05, 4.69) is 16.9 Å². The molecule has 0 fully saturated rings. The molecule has 0 bridgehead atoms. The highest BCUT2D eigenvalue weighted by atomic mass is 35.5. The number of nitrogens with one attached hydrogen (secondary N) is 1. The van der Waals surface area contributed by atoms with Crippen LogP contribution in [-0.2, 0) is 0 Å². The van der Waals surface area contributed by atoms with E-state index in [1.165, 1.54) is 0 Å². The molecule has 0 aliphatic rings. The van der Waals surface area contributed by atoms with Gasteiger partial charge in [0.2, 0.25) is 0 Å². The fraction of sp³-hybridized carbons (Fsp3) is 0.0833. The topological polar surface area (TPSA) is 24.4 Å². The van der Waals surface area contributed by atoms with Crippen LogP contribution in [0, 0.1) is 0 Å². The molecule has 1 aromatic carbocycles. The summed E-state index contributed by atoms with van der Waals surface area (Å²) in [4.78, 5) is 4.14. The quantitative estimate of drug-likeness (QED) is 0.645.